The summed E-state index contributed by atoms with van der Waals surface area (Å²) in [5.74, 6) is -3.81. The lowest BCUT2D eigenvalue weighted by Gasteiger charge is -2.43. The number of nitrogens with zero attached hydrogens (tertiary/aromatic N) is 2. The summed E-state index contributed by atoms with van der Waals surface area (Å²) < 4.78 is 66.9. The highest BCUT2D eigenvalue weighted by Crippen LogP contribution is 2.44. The number of nitrogens with one attached hydrogen (secondary N) is 1. The first-order valence-electron chi connectivity index (χ1n) is 14.5. The van der Waals surface area contributed by atoms with Crippen LogP contribution < -0.4 is 15.0 Å². The topological polar surface area (TPSA) is 27.7 Å². The Kier molecular flexibility index (Phi) is 7.49. The van der Waals surface area contributed by atoms with Crippen LogP contribution in [0.1, 0.15) is 55.0 Å². The van der Waals surface area contributed by atoms with Gasteiger partial charge < -0.3 is 15.0 Å². The second kappa shape index (κ2) is 11.0. The first-order chi connectivity index (χ1) is 19.6. The Balaban J connectivity index is 1.34. The fourth-order valence-corrected chi connectivity index (χ4v) is 6.93. The number of hydrogen-bond donors (Lipinski definition) is 1. The minimum absolute atomic E-state index is 0.146. The number of benzene rings is 3. The molecule has 3 aromatic rings. The van der Waals surface area contributed by atoms with Crippen molar-refractivity contribution in [2.75, 3.05) is 37.6 Å². The zero-order chi connectivity index (χ0) is 28.8. The summed E-state index contributed by atoms with van der Waals surface area (Å²) in [6.45, 7) is 5.83. The van der Waals surface area contributed by atoms with E-state index in [2.05, 4.69) is 10.2 Å². The van der Waals surface area contributed by atoms with Gasteiger partial charge in [0.05, 0.1) is 12.6 Å². The van der Waals surface area contributed by atoms with Crippen molar-refractivity contribution in [2.24, 2.45) is 5.41 Å². The molecule has 0 aliphatic carbocycles. The third kappa shape index (κ3) is 5.82. The van der Waals surface area contributed by atoms with E-state index < -0.39 is 30.1 Å². The molecule has 0 aromatic heterocycles. The van der Waals surface area contributed by atoms with E-state index in [9.17, 15) is 8.78 Å². The Bertz CT molecular complexity index is 1360. The van der Waals surface area contributed by atoms with Crippen molar-refractivity contribution in [3.63, 3.8) is 0 Å². The summed E-state index contributed by atoms with van der Waals surface area (Å²) in [5, 5.41) is 3.41. The number of fused-ring (bicyclic) bond motifs is 1. The smallest absolute Gasteiger partial charge is 0.257 e. The minimum Gasteiger partial charge on any atom is -0.489 e. The maximum absolute atomic E-state index is 16.0. The standard InChI is InChI=1S/C33H37F4N3O/c1-22-14-24-15-26(41-18-23-6-4-3-5-7-23)8-9-27(24)31(40(22)20-32(2,36)37)30-28(34)16-25(17-29(30)35)39-13-11-33(21-39)10-12-38-19-33/h3-9,15-17,22,31,38H,10-14,18-21H2,1-2H3/t22-,31?,33?/m1/s1. The van der Waals surface area contributed by atoms with Gasteiger partial charge in [0.25, 0.3) is 5.92 Å². The largest absolute Gasteiger partial charge is 0.489 e. The van der Waals surface area contributed by atoms with Crippen molar-refractivity contribution in [3.8, 4) is 5.75 Å². The molecule has 3 heterocycles. The van der Waals surface area contributed by atoms with Crippen LogP contribution in [0.15, 0.2) is 60.7 Å². The number of anilines is 1. The SMILES string of the molecule is C[C@@H]1Cc2cc(OCc3ccccc3)ccc2C(c2c(F)cc(N3CCC4(CCNC4)C3)cc2F)N1CC(C)(F)F. The van der Waals surface area contributed by atoms with E-state index in [1.165, 1.54) is 12.1 Å². The maximum Gasteiger partial charge on any atom is 0.257 e. The highest BCUT2D eigenvalue weighted by Gasteiger charge is 2.43. The van der Waals surface area contributed by atoms with E-state index >= 15 is 8.78 Å². The monoisotopic (exact) mass is 567 g/mol. The molecule has 8 heteroatoms. The molecule has 0 saturated carbocycles. The van der Waals surface area contributed by atoms with Crippen LogP contribution in [0, 0.1) is 17.0 Å². The Hall–Kier alpha value is -3.10. The molecule has 2 unspecified atom stereocenters. The Morgan fingerprint density at radius 1 is 1.02 bits per heavy atom. The molecule has 3 aliphatic heterocycles. The van der Waals surface area contributed by atoms with Gasteiger partial charge in [0.2, 0.25) is 0 Å². The normalized spacial score (nSPS) is 24.7. The number of alkyl halides is 2. The molecule has 218 valence electrons. The highest BCUT2D eigenvalue weighted by atomic mass is 19.3. The first-order valence-corrected chi connectivity index (χ1v) is 14.5. The van der Waals surface area contributed by atoms with Gasteiger partial charge in [0, 0.05) is 49.3 Å². The first kappa shape index (κ1) is 28.0. The van der Waals surface area contributed by atoms with Crippen molar-refractivity contribution in [1.29, 1.82) is 0 Å². The van der Waals surface area contributed by atoms with Crippen molar-refractivity contribution in [3.05, 3.63) is 94.6 Å². The molecule has 2 saturated heterocycles. The minimum atomic E-state index is -3.03. The maximum atomic E-state index is 16.0. The van der Waals surface area contributed by atoms with Gasteiger partial charge >= 0.3 is 0 Å². The van der Waals surface area contributed by atoms with Gasteiger partial charge in [-0.05, 0) is 73.7 Å². The molecule has 0 radical (unpaired) electrons. The van der Waals surface area contributed by atoms with Crippen LogP contribution in [0.25, 0.3) is 0 Å². The molecule has 2 fully saturated rings. The molecular weight excluding hydrogens is 530 g/mol. The Labute approximate surface area is 239 Å². The molecule has 3 aromatic carbocycles. The molecule has 0 bridgehead atoms. The molecule has 3 atom stereocenters. The van der Waals surface area contributed by atoms with Crippen molar-refractivity contribution >= 4 is 5.69 Å². The quantitative estimate of drug-likeness (QED) is 0.321. The van der Waals surface area contributed by atoms with E-state index in [0.717, 1.165) is 57.1 Å². The fourth-order valence-electron chi connectivity index (χ4n) is 6.93. The summed E-state index contributed by atoms with van der Waals surface area (Å²) in [7, 11) is 0. The van der Waals surface area contributed by atoms with Gasteiger partial charge in [0.15, 0.2) is 0 Å². The van der Waals surface area contributed by atoms with Crippen LogP contribution in [0.5, 0.6) is 5.75 Å². The molecule has 4 nitrogen and oxygen atoms in total. The fraction of sp³-hybridized carbons (Fsp3) is 0.455. The predicted molar refractivity (Wildman–Crippen MR) is 153 cm³/mol. The number of hydrogen-bond acceptors (Lipinski definition) is 4. The summed E-state index contributed by atoms with van der Waals surface area (Å²) >= 11 is 0. The van der Waals surface area contributed by atoms with Crippen LogP contribution in [0.3, 0.4) is 0 Å². The Morgan fingerprint density at radius 3 is 2.46 bits per heavy atom. The third-order valence-corrected chi connectivity index (χ3v) is 9.00. The second-order valence-corrected chi connectivity index (χ2v) is 12.3. The number of halogens is 4. The highest BCUT2D eigenvalue weighted by molar-refractivity contribution is 5.53. The number of rotatable bonds is 7. The van der Waals surface area contributed by atoms with E-state index in [-0.39, 0.29) is 17.0 Å². The van der Waals surface area contributed by atoms with Crippen LogP contribution in [-0.2, 0) is 13.0 Å². The molecule has 1 N–H and O–H groups in total. The van der Waals surface area contributed by atoms with Gasteiger partial charge in [-0.3, -0.25) is 4.90 Å². The van der Waals surface area contributed by atoms with Gasteiger partial charge in [-0.15, -0.1) is 0 Å². The van der Waals surface area contributed by atoms with E-state index in [1.807, 2.05) is 43.3 Å². The zero-order valence-electron chi connectivity index (χ0n) is 23.6. The zero-order valence-corrected chi connectivity index (χ0v) is 23.6. The summed E-state index contributed by atoms with van der Waals surface area (Å²) in [6, 6.07) is 16.6. The average Bonchev–Trinajstić information content (AvgIpc) is 3.58. The summed E-state index contributed by atoms with van der Waals surface area (Å²) in [6.07, 6.45) is 2.50. The van der Waals surface area contributed by atoms with E-state index in [4.69, 9.17) is 4.74 Å². The number of ether oxygens (including phenoxy) is 1. The van der Waals surface area contributed by atoms with Gasteiger partial charge in [0.1, 0.15) is 24.0 Å². The van der Waals surface area contributed by atoms with Gasteiger partial charge in [-0.25, -0.2) is 17.6 Å². The lowest BCUT2D eigenvalue weighted by molar-refractivity contribution is -0.0371. The summed E-state index contributed by atoms with van der Waals surface area (Å²) in [5.41, 5.74) is 2.97. The van der Waals surface area contributed by atoms with Crippen LogP contribution in [-0.4, -0.2) is 49.6 Å². The third-order valence-electron chi connectivity index (χ3n) is 9.00. The van der Waals surface area contributed by atoms with Crippen molar-refractivity contribution < 1.29 is 22.3 Å². The molecule has 3 aliphatic rings. The van der Waals surface area contributed by atoms with Crippen molar-refractivity contribution in [1.82, 2.24) is 10.2 Å². The second-order valence-electron chi connectivity index (χ2n) is 12.3. The van der Waals surface area contributed by atoms with E-state index in [1.54, 1.807) is 17.0 Å². The lowest BCUT2D eigenvalue weighted by atomic mass is 9.84. The van der Waals surface area contributed by atoms with Gasteiger partial charge in [-0.2, -0.15) is 0 Å². The molecule has 6 rings (SSSR count). The van der Waals surface area contributed by atoms with Crippen molar-refractivity contribution in [2.45, 2.75) is 57.7 Å². The van der Waals surface area contributed by atoms with Crippen LogP contribution in [0.4, 0.5) is 23.2 Å². The van der Waals surface area contributed by atoms with Crippen LogP contribution >= 0.6 is 0 Å². The molecule has 1 spiro atoms. The summed E-state index contributed by atoms with van der Waals surface area (Å²) in [4.78, 5) is 3.59. The molecule has 0 amide bonds. The van der Waals surface area contributed by atoms with Crippen LogP contribution in [0.2, 0.25) is 0 Å². The average molecular weight is 568 g/mol. The predicted octanol–water partition coefficient (Wildman–Crippen LogP) is 6.72. The molecular formula is C33H37F4N3O. The lowest BCUT2D eigenvalue weighted by Crippen LogP contribution is -2.48. The van der Waals surface area contributed by atoms with Gasteiger partial charge in [-0.1, -0.05) is 36.4 Å². The Morgan fingerprint density at radius 2 is 1.78 bits per heavy atom. The van der Waals surface area contributed by atoms with E-state index in [0.29, 0.717) is 30.0 Å². The molecule has 41 heavy (non-hydrogen) atoms.